The molecular formula is C15H24BrNO2. The average molecular weight is 330 g/mol. The van der Waals surface area contributed by atoms with Crippen LogP contribution in [-0.4, -0.2) is 33.5 Å². The van der Waals surface area contributed by atoms with Crippen LogP contribution in [0.5, 0.6) is 0 Å². The standard InChI is InChI=1S/C15H24BrNO2/c1-3-15(13-5-7-14(16)8-6-13)17-9-4-10-19-12-11-18-2/h5-8,15,17H,3-4,9-12H2,1-2H3. The van der Waals surface area contributed by atoms with Crippen molar-refractivity contribution in [2.75, 3.05) is 33.5 Å². The summed E-state index contributed by atoms with van der Waals surface area (Å²) in [6, 6.07) is 8.94. The minimum Gasteiger partial charge on any atom is -0.382 e. The van der Waals surface area contributed by atoms with Crippen molar-refractivity contribution < 1.29 is 9.47 Å². The highest BCUT2D eigenvalue weighted by molar-refractivity contribution is 9.10. The van der Waals surface area contributed by atoms with E-state index in [1.54, 1.807) is 7.11 Å². The van der Waals surface area contributed by atoms with Crippen molar-refractivity contribution in [1.29, 1.82) is 0 Å². The summed E-state index contributed by atoms with van der Waals surface area (Å²) in [7, 11) is 1.69. The van der Waals surface area contributed by atoms with Gasteiger partial charge in [-0.05, 0) is 37.1 Å². The van der Waals surface area contributed by atoms with Crippen LogP contribution in [0.4, 0.5) is 0 Å². The van der Waals surface area contributed by atoms with Gasteiger partial charge in [-0.2, -0.15) is 0 Å². The molecule has 0 saturated carbocycles. The lowest BCUT2D eigenvalue weighted by molar-refractivity contribution is 0.0692. The van der Waals surface area contributed by atoms with Crippen LogP contribution in [0.2, 0.25) is 0 Å². The molecule has 108 valence electrons. The fourth-order valence-electron chi connectivity index (χ4n) is 1.89. The SMILES string of the molecule is CCC(NCCCOCCOC)c1ccc(Br)cc1. The maximum Gasteiger partial charge on any atom is 0.0700 e. The molecule has 1 aromatic carbocycles. The van der Waals surface area contributed by atoms with Crippen LogP contribution in [0.1, 0.15) is 31.4 Å². The second kappa shape index (κ2) is 10.4. The van der Waals surface area contributed by atoms with Crippen molar-refractivity contribution in [3.63, 3.8) is 0 Å². The second-order valence-corrected chi connectivity index (χ2v) is 5.34. The van der Waals surface area contributed by atoms with Gasteiger partial charge >= 0.3 is 0 Å². The van der Waals surface area contributed by atoms with E-state index >= 15 is 0 Å². The lowest BCUT2D eigenvalue weighted by Crippen LogP contribution is -2.23. The van der Waals surface area contributed by atoms with Gasteiger partial charge in [0.1, 0.15) is 0 Å². The Kier molecular flexibility index (Phi) is 9.08. The number of halogens is 1. The molecule has 1 atom stereocenters. The normalized spacial score (nSPS) is 12.6. The Morgan fingerprint density at radius 2 is 1.89 bits per heavy atom. The molecule has 0 amide bonds. The van der Waals surface area contributed by atoms with Crippen LogP contribution in [0.3, 0.4) is 0 Å². The average Bonchev–Trinajstić information content (AvgIpc) is 2.43. The zero-order chi connectivity index (χ0) is 13.9. The van der Waals surface area contributed by atoms with Crippen LogP contribution in [-0.2, 0) is 9.47 Å². The van der Waals surface area contributed by atoms with Gasteiger partial charge in [0.15, 0.2) is 0 Å². The molecule has 3 nitrogen and oxygen atoms in total. The maximum absolute atomic E-state index is 5.44. The summed E-state index contributed by atoms with van der Waals surface area (Å²) < 4.78 is 11.5. The molecule has 1 N–H and O–H groups in total. The molecule has 1 unspecified atom stereocenters. The maximum atomic E-state index is 5.44. The third kappa shape index (κ3) is 7.06. The zero-order valence-corrected chi connectivity index (χ0v) is 13.4. The number of ether oxygens (including phenoxy) is 2. The Morgan fingerprint density at radius 3 is 2.53 bits per heavy atom. The van der Waals surface area contributed by atoms with E-state index in [-0.39, 0.29) is 0 Å². The molecule has 0 heterocycles. The fraction of sp³-hybridized carbons (Fsp3) is 0.600. The van der Waals surface area contributed by atoms with Crippen LogP contribution in [0, 0.1) is 0 Å². The molecule has 19 heavy (non-hydrogen) atoms. The first-order valence-electron chi connectivity index (χ1n) is 6.83. The largest absolute Gasteiger partial charge is 0.382 e. The summed E-state index contributed by atoms with van der Waals surface area (Å²) in [5.74, 6) is 0. The molecule has 1 aromatic rings. The summed E-state index contributed by atoms with van der Waals surface area (Å²) in [6.07, 6.45) is 2.11. The van der Waals surface area contributed by atoms with Gasteiger partial charge in [0.05, 0.1) is 13.2 Å². The number of rotatable bonds is 10. The Labute approximate surface area is 124 Å². The highest BCUT2D eigenvalue weighted by Gasteiger charge is 2.07. The van der Waals surface area contributed by atoms with Gasteiger partial charge in [-0.1, -0.05) is 35.0 Å². The first-order valence-corrected chi connectivity index (χ1v) is 7.62. The van der Waals surface area contributed by atoms with Gasteiger partial charge in [-0.25, -0.2) is 0 Å². The van der Waals surface area contributed by atoms with Crippen LogP contribution in [0.15, 0.2) is 28.7 Å². The van der Waals surface area contributed by atoms with Crippen molar-refractivity contribution in [2.45, 2.75) is 25.8 Å². The summed E-state index contributed by atoms with van der Waals surface area (Å²) in [5.41, 5.74) is 1.34. The Morgan fingerprint density at radius 1 is 1.16 bits per heavy atom. The highest BCUT2D eigenvalue weighted by Crippen LogP contribution is 2.19. The lowest BCUT2D eigenvalue weighted by atomic mass is 10.0. The molecular weight excluding hydrogens is 306 g/mol. The van der Waals surface area contributed by atoms with E-state index in [1.165, 1.54) is 5.56 Å². The number of nitrogens with one attached hydrogen (secondary N) is 1. The fourth-order valence-corrected chi connectivity index (χ4v) is 2.15. The van der Waals surface area contributed by atoms with Gasteiger partial charge in [-0.15, -0.1) is 0 Å². The van der Waals surface area contributed by atoms with E-state index in [1.807, 2.05) is 0 Å². The summed E-state index contributed by atoms with van der Waals surface area (Å²) >= 11 is 3.46. The van der Waals surface area contributed by atoms with E-state index < -0.39 is 0 Å². The molecule has 4 heteroatoms. The number of benzene rings is 1. The molecule has 0 fully saturated rings. The predicted molar refractivity (Wildman–Crippen MR) is 82.5 cm³/mol. The van der Waals surface area contributed by atoms with Crippen LogP contribution in [0.25, 0.3) is 0 Å². The van der Waals surface area contributed by atoms with Crippen molar-refractivity contribution >= 4 is 15.9 Å². The van der Waals surface area contributed by atoms with Gasteiger partial charge in [0.25, 0.3) is 0 Å². The molecule has 0 spiro atoms. The minimum absolute atomic E-state index is 0.423. The Hall–Kier alpha value is -0.420. The molecule has 0 aliphatic heterocycles. The van der Waals surface area contributed by atoms with E-state index in [9.17, 15) is 0 Å². The Bertz CT molecular complexity index is 329. The molecule has 0 aromatic heterocycles. The second-order valence-electron chi connectivity index (χ2n) is 4.43. The number of hydrogen-bond acceptors (Lipinski definition) is 3. The van der Waals surface area contributed by atoms with E-state index in [2.05, 4.69) is 52.4 Å². The van der Waals surface area contributed by atoms with Gasteiger partial charge < -0.3 is 14.8 Å². The topological polar surface area (TPSA) is 30.5 Å². The first-order chi connectivity index (χ1) is 9.27. The highest BCUT2D eigenvalue weighted by atomic mass is 79.9. The van der Waals surface area contributed by atoms with Gasteiger partial charge in [-0.3, -0.25) is 0 Å². The molecule has 0 aliphatic carbocycles. The Balaban J connectivity index is 2.20. The van der Waals surface area contributed by atoms with Crippen molar-refractivity contribution in [1.82, 2.24) is 5.32 Å². The monoisotopic (exact) mass is 329 g/mol. The zero-order valence-electron chi connectivity index (χ0n) is 11.8. The number of methoxy groups -OCH3 is 1. The quantitative estimate of drug-likeness (QED) is 0.666. The van der Waals surface area contributed by atoms with E-state index in [0.717, 1.165) is 30.5 Å². The minimum atomic E-state index is 0.423. The summed E-state index contributed by atoms with van der Waals surface area (Å²) in [6.45, 7) is 5.31. The van der Waals surface area contributed by atoms with Crippen LogP contribution < -0.4 is 5.32 Å². The van der Waals surface area contributed by atoms with E-state index in [4.69, 9.17) is 9.47 Å². The van der Waals surface area contributed by atoms with Gasteiger partial charge in [0, 0.05) is 24.2 Å². The molecule has 0 aliphatic rings. The van der Waals surface area contributed by atoms with Crippen LogP contribution >= 0.6 is 15.9 Å². The third-order valence-electron chi connectivity index (χ3n) is 2.97. The first kappa shape index (κ1) is 16.6. The van der Waals surface area contributed by atoms with Gasteiger partial charge in [0.2, 0.25) is 0 Å². The van der Waals surface area contributed by atoms with Crippen molar-refractivity contribution in [2.24, 2.45) is 0 Å². The summed E-state index contributed by atoms with van der Waals surface area (Å²) in [5, 5.41) is 3.57. The lowest BCUT2D eigenvalue weighted by Gasteiger charge is -2.17. The molecule has 1 rings (SSSR count). The number of hydrogen-bond donors (Lipinski definition) is 1. The molecule has 0 saturated heterocycles. The smallest absolute Gasteiger partial charge is 0.0700 e. The predicted octanol–water partition coefficient (Wildman–Crippen LogP) is 3.54. The molecule has 0 radical (unpaired) electrons. The van der Waals surface area contributed by atoms with Crippen molar-refractivity contribution in [3.05, 3.63) is 34.3 Å². The third-order valence-corrected chi connectivity index (χ3v) is 3.50. The van der Waals surface area contributed by atoms with E-state index in [0.29, 0.717) is 19.3 Å². The summed E-state index contributed by atoms with van der Waals surface area (Å²) in [4.78, 5) is 0. The molecule has 0 bridgehead atoms. The van der Waals surface area contributed by atoms with Crippen molar-refractivity contribution in [3.8, 4) is 0 Å².